The van der Waals surface area contributed by atoms with Crippen LogP contribution in [0.15, 0.2) is 0 Å². The third-order valence-electron chi connectivity index (χ3n) is 4.09. The van der Waals surface area contributed by atoms with Gasteiger partial charge in [0.25, 0.3) is 0 Å². The van der Waals surface area contributed by atoms with E-state index in [1.54, 1.807) is 0 Å². The Balaban J connectivity index is 0.00000324. The number of rotatable bonds is 7. The highest BCUT2D eigenvalue weighted by Crippen LogP contribution is 2.34. The topological polar surface area (TPSA) is 49.3 Å². The minimum Gasteiger partial charge on any atom is -0.480 e. The summed E-state index contributed by atoms with van der Waals surface area (Å²) in [6.07, 6.45) is 6.77. The van der Waals surface area contributed by atoms with Crippen molar-refractivity contribution in [2.75, 3.05) is 6.54 Å². The standard InChI is InChI=1S/C15H29NO2.ClH/c1-4-5-14(15(17)18)16-7-6-13-9-11(2)8-12(3)10-13;/h11-14,16H,4-10H2,1-3H3,(H,17,18);1H. The fourth-order valence-corrected chi connectivity index (χ4v) is 3.41. The molecule has 1 saturated carbocycles. The Labute approximate surface area is 124 Å². The zero-order valence-electron chi connectivity index (χ0n) is 12.5. The molecule has 0 aromatic heterocycles. The molecule has 0 aromatic rings. The van der Waals surface area contributed by atoms with Gasteiger partial charge >= 0.3 is 5.97 Å². The molecule has 0 radical (unpaired) electrons. The molecule has 4 heteroatoms. The molecular formula is C15H30ClNO2. The lowest BCUT2D eigenvalue weighted by Crippen LogP contribution is -2.38. The van der Waals surface area contributed by atoms with Crippen LogP contribution in [0.3, 0.4) is 0 Å². The van der Waals surface area contributed by atoms with Crippen molar-refractivity contribution in [2.24, 2.45) is 17.8 Å². The Bertz CT molecular complexity index is 251. The van der Waals surface area contributed by atoms with Crippen LogP contribution in [0.4, 0.5) is 0 Å². The Morgan fingerprint density at radius 2 is 1.84 bits per heavy atom. The highest BCUT2D eigenvalue weighted by Gasteiger charge is 2.24. The van der Waals surface area contributed by atoms with E-state index in [1.165, 1.54) is 19.3 Å². The molecule has 1 aliphatic rings. The third-order valence-corrected chi connectivity index (χ3v) is 4.09. The Kier molecular flexibility index (Phi) is 9.46. The number of carboxylic acids is 1. The first-order valence-corrected chi connectivity index (χ1v) is 7.49. The van der Waals surface area contributed by atoms with E-state index in [9.17, 15) is 4.79 Å². The molecule has 114 valence electrons. The number of halogens is 1. The highest BCUT2D eigenvalue weighted by molar-refractivity contribution is 5.85. The van der Waals surface area contributed by atoms with E-state index < -0.39 is 5.97 Å². The number of carbonyl (C=O) groups is 1. The van der Waals surface area contributed by atoms with Gasteiger partial charge in [-0.3, -0.25) is 4.79 Å². The number of nitrogens with one attached hydrogen (secondary N) is 1. The SMILES string of the molecule is CCCC(NCCC1CC(C)CC(C)C1)C(=O)O.Cl. The lowest BCUT2D eigenvalue weighted by molar-refractivity contribution is -0.139. The molecule has 0 heterocycles. The quantitative estimate of drug-likeness (QED) is 0.752. The normalized spacial score (nSPS) is 28.5. The van der Waals surface area contributed by atoms with Crippen LogP contribution in [0.1, 0.15) is 59.3 Å². The van der Waals surface area contributed by atoms with Crippen molar-refractivity contribution in [1.82, 2.24) is 5.32 Å². The average Bonchev–Trinajstić information content (AvgIpc) is 2.26. The number of hydrogen-bond donors (Lipinski definition) is 2. The summed E-state index contributed by atoms with van der Waals surface area (Å²) in [6, 6.07) is -0.353. The van der Waals surface area contributed by atoms with E-state index in [4.69, 9.17) is 5.11 Å². The molecule has 0 bridgehead atoms. The van der Waals surface area contributed by atoms with E-state index in [2.05, 4.69) is 19.2 Å². The van der Waals surface area contributed by atoms with Crippen LogP contribution in [-0.2, 0) is 4.79 Å². The first-order chi connectivity index (χ1) is 8.52. The van der Waals surface area contributed by atoms with Crippen molar-refractivity contribution in [1.29, 1.82) is 0 Å². The molecule has 3 unspecified atom stereocenters. The summed E-state index contributed by atoms with van der Waals surface area (Å²) in [4.78, 5) is 11.0. The van der Waals surface area contributed by atoms with Crippen LogP contribution in [0.2, 0.25) is 0 Å². The molecule has 0 saturated heterocycles. The Hall–Kier alpha value is -0.280. The maximum absolute atomic E-state index is 11.0. The Morgan fingerprint density at radius 3 is 2.32 bits per heavy atom. The van der Waals surface area contributed by atoms with Gasteiger partial charge in [0.15, 0.2) is 0 Å². The molecule has 3 nitrogen and oxygen atoms in total. The van der Waals surface area contributed by atoms with Crippen LogP contribution in [-0.4, -0.2) is 23.7 Å². The van der Waals surface area contributed by atoms with Gasteiger partial charge in [0, 0.05) is 0 Å². The van der Waals surface area contributed by atoms with Gasteiger partial charge in [-0.2, -0.15) is 0 Å². The smallest absolute Gasteiger partial charge is 0.320 e. The second-order valence-corrected chi connectivity index (χ2v) is 6.21. The first kappa shape index (κ1) is 18.7. The van der Waals surface area contributed by atoms with E-state index in [1.807, 2.05) is 6.92 Å². The summed E-state index contributed by atoms with van der Waals surface area (Å²) >= 11 is 0. The summed E-state index contributed by atoms with van der Waals surface area (Å²) in [5.74, 6) is 1.75. The minimum absolute atomic E-state index is 0. The fourth-order valence-electron chi connectivity index (χ4n) is 3.41. The third kappa shape index (κ3) is 7.17. The van der Waals surface area contributed by atoms with Gasteiger partial charge < -0.3 is 10.4 Å². The predicted octanol–water partition coefficient (Wildman–Crippen LogP) is 3.71. The summed E-state index contributed by atoms with van der Waals surface area (Å²) in [5.41, 5.74) is 0. The maximum atomic E-state index is 11.0. The van der Waals surface area contributed by atoms with Crippen LogP contribution < -0.4 is 5.32 Å². The van der Waals surface area contributed by atoms with Crippen LogP contribution >= 0.6 is 12.4 Å². The molecule has 3 atom stereocenters. The molecular weight excluding hydrogens is 262 g/mol. The second kappa shape index (κ2) is 9.60. The zero-order chi connectivity index (χ0) is 13.5. The van der Waals surface area contributed by atoms with Crippen LogP contribution in [0.25, 0.3) is 0 Å². The van der Waals surface area contributed by atoms with Crippen molar-refractivity contribution >= 4 is 18.4 Å². The summed E-state index contributed by atoms with van der Waals surface area (Å²) in [5, 5.41) is 12.3. The highest BCUT2D eigenvalue weighted by atomic mass is 35.5. The van der Waals surface area contributed by atoms with Crippen molar-refractivity contribution in [3.8, 4) is 0 Å². The van der Waals surface area contributed by atoms with Crippen molar-refractivity contribution < 1.29 is 9.90 Å². The zero-order valence-corrected chi connectivity index (χ0v) is 13.3. The predicted molar refractivity (Wildman–Crippen MR) is 81.9 cm³/mol. The van der Waals surface area contributed by atoms with Gasteiger partial charge in [-0.25, -0.2) is 0 Å². The lowest BCUT2D eigenvalue weighted by Gasteiger charge is -2.31. The average molecular weight is 292 g/mol. The molecule has 0 aromatic carbocycles. The molecule has 1 aliphatic carbocycles. The maximum Gasteiger partial charge on any atom is 0.320 e. The minimum atomic E-state index is -0.706. The van der Waals surface area contributed by atoms with Gasteiger partial charge in [0.05, 0.1) is 0 Å². The van der Waals surface area contributed by atoms with E-state index >= 15 is 0 Å². The summed E-state index contributed by atoms with van der Waals surface area (Å²) < 4.78 is 0. The molecule has 19 heavy (non-hydrogen) atoms. The van der Waals surface area contributed by atoms with Crippen molar-refractivity contribution in [3.05, 3.63) is 0 Å². The van der Waals surface area contributed by atoms with Crippen LogP contribution in [0, 0.1) is 17.8 Å². The molecule has 0 amide bonds. The Morgan fingerprint density at radius 1 is 1.26 bits per heavy atom. The van der Waals surface area contributed by atoms with Gasteiger partial charge in [0.1, 0.15) is 6.04 Å². The summed E-state index contributed by atoms with van der Waals surface area (Å²) in [7, 11) is 0. The first-order valence-electron chi connectivity index (χ1n) is 7.49. The van der Waals surface area contributed by atoms with Crippen molar-refractivity contribution in [3.63, 3.8) is 0 Å². The summed E-state index contributed by atoms with van der Waals surface area (Å²) in [6.45, 7) is 7.56. The van der Waals surface area contributed by atoms with E-state index in [-0.39, 0.29) is 18.4 Å². The largest absolute Gasteiger partial charge is 0.480 e. The van der Waals surface area contributed by atoms with Crippen LogP contribution in [0.5, 0.6) is 0 Å². The monoisotopic (exact) mass is 291 g/mol. The van der Waals surface area contributed by atoms with E-state index in [0.717, 1.165) is 43.6 Å². The van der Waals surface area contributed by atoms with Gasteiger partial charge in [-0.15, -0.1) is 12.4 Å². The second-order valence-electron chi connectivity index (χ2n) is 6.21. The molecule has 1 fully saturated rings. The van der Waals surface area contributed by atoms with Gasteiger partial charge in [-0.1, -0.05) is 27.2 Å². The van der Waals surface area contributed by atoms with Crippen molar-refractivity contribution in [2.45, 2.75) is 65.3 Å². The molecule has 0 spiro atoms. The number of carboxylic acid groups (broad SMARTS) is 1. The molecule has 0 aliphatic heterocycles. The number of hydrogen-bond acceptors (Lipinski definition) is 2. The fraction of sp³-hybridized carbons (Fsp3) is 0.933. The number of aliphatic carboxylic acids is 1. The lowest BCUT2D eigenvalue weighted by atomic mass is 9.75. The van der Waals surface area contributed by atoms with Gasteiger partial charge in [0.2, 0.25) is 0 Å². The molecule has 2 N–H and O–H groups in total. The van der Waals surface area contributed by atoms with Gasteiger partial charge in [-0.05, 0) is 56.4 Å². The van der Waals surface area contributed by atoms with E-state index in [0.29, 0.717) is 0 Å². The molecule has 1 rings (SSSR count).